The second-order valence-corrected chi connectivity index (χ2v) is 7.27. The van der Waals surface area contributed by atoms with E-state index < -0.39 is 6.10 Å². The number of carbonyl (C=O) groups excluding carboxylic acids is 1. The topological polar surface area (TPSA) is 87.5 Å². The quantitative estimate of drug-likeness (QED) is 0.810. The summed E-state index contributed by atoms with van der Waals surface area (Å²) in [6, 6.07) is 12.8. The summed E-state index contributed by atoms with van der Waals surface area (Å²) in [4.78, 5) is 19.1. The number of ether oxygens (including phenoxy) is 2. The maximum Gasteiger partial charge on any atom is 0.261 e. The number of nitrogens with one attached hydrogen (secondary N) is 1. The standard InChI is InChI=1S/C22H26N4O3/c1-15-13-26(14-16(2)28-15)21-9-8-18(11-24-21)12-25-22(27)17(3)29-20-7-5-4-6-19(20)10-23/h4-9,11,15-17H,12-14H2,1-3H3,(H,25,27). The molecule has 29 heavy (non-hydrogen) atoms. The molecule has 152 valence electrons. The number of hydrogen-bond acceptors (Lipinski definition) is 6. The molecule has 0 radical (unpaired) electrons. The molecule has 1 fully saturated rings. The number of anilines is 1. The Morgan fingerprint density at radius 3 is 2.69 bits per heavy atom. The van der Waals surface area contributed by atoms with Crippen molar-refractivity contribution >= 4 is 11.7 Å². The number of para-hydroxylation sites is 1. The van der Waals surface area contributed by atoms with Crippen molar-refractivity contribution in [2.75, 3.05) is 18.0 Å². The van der Waals surface area contributed by atoms with Gasteiger partial charge in [0, 0.05) is 25.8 Å². The Morgan fingerprint density at radius 1 is 1.31 bits per heavy atom. The Morgan fingerprint density at radius 2 is 2.03 bits per heavy atom. The SMILES string of the molecule is CC1CN(c2ccc(CNC(=O)C(C)Oc3ccccc3C#N)cn2)CC(C)O1. The lowest BCUT2D eigenvalue weighted by molar-refractivity contribution is -0.127. The summed E-state index contributed by atoms with van der Waals surface area (Å²) in [6.07, 6.45) is 1.41. The molecule has 1 aromatic carbocycles. The molecule has 0 saturated carbocycles. The van der Waals surface area contributed by atoms with E-state index in [2.05, 4.69) is 35.1 Å². The summed E-state index contributed by atoms with van der Waals surface area (Å²) in [5.41, 5.74) is 1.31. The van der Waals surface area contributed by atoms with Crippen molar-refractivity contribution < 1.29 is 14.3 Å². The lowest BCUT2D eigenvalue weighted by atomic mass is 10.2. The Balaban J connectivity index is 1.53. The monoisotopic (exact) mass is 394 g/mol. The van der Waals surface area contributed by atoms with Gasteiger partial charge in [0.1, 0.15) is 17.6 Å². The lowest BCUT2D eigenvalue weighted by Crippen LogP contribution is -2.45. The number of aromatic nitrogens is 1. The van der Waals surface area contributed by atoms with Crippen LogP contribution in [0.4, 0.5) is 5.82 Å². The smallest absolute Gasteiger partial charge is 0.261 e. The lowest BCUT2D eigenvalue weighted by Gasteiger charge is -2.36. The van der Waals surface area contributed by atoms with Crippen molar-refractivity contribution in [3.8, 4) is 11.8 Å². The van der Waals surface area contributed by atoms with E-state index >= 15 is 0 Å². The van der Waals surface area contributed by atoms with Crippen LogP contribution in [0.2, 0.25) is 0 Å². The van der Waals surface area contributed by atoms with Crippen LogP contribution in [0.15, 0.2) is 42.6 Å². The number of rotatable bonds is 6. The summed E-state index contributed by atoms with van der Waals surface area (Å²) in [6.45, 7) is 7.76. The molecule has 2 heterocycles. The molecule has 3 rings (SSSR count). The molecule has 7 nitrogen and oxygen atoms in total. The number of nitriles is 1. The second-order valence-electron chi connectivity index (χ2n) is 7.27. The van der Waals surface area contributed by atoms with Crippen molar-refractivity contribution in [2.24, 2.45) is 0 Å². The van der Waals surface area contributed by atoms with Gasteiger partial charge >= 0.3 is 0 Å². The largest absolute Gasteiger partial charge is 0.480 e. The van der Waals surface area contributed by atoms with E-state index in [1.807, 2.05) is 12.1 Å². The second kappa shape index (κ2) is 9.39. The molecule has 2 aromatic rings. The summed E-state index contributed by atoms with van der Waals surface area (Å²) in [5, 5.41) is 12.0. The molecule has 1 N–H and O–H groups in total. The highest BCUT2D eigenvalue weighted by atomic mass is 16.5. The summed E-state index contributed by atoms with van der Waals surface area (Å²) >= 11 is 0. The van der Waals surface area contributed by atoms with Gasteiger partial charge in [0.25, 0.3) is 5.91 Å². The van der Waals surface area contributed by atoms with Crippen LogP contribution >= 0.6 is 0 Å². The van der Waals surface area contributed by atoms with Gasteiger partial charge in [-0.25, -0.2) is 4.98 Å². The molecule has 1 aliphatic heterocycles. The first-order chi connectivity index (χ1) is 14.0. The molecule has 1 saturated heterocycles. The third-order valence-electron chi connectivity index (χ3n) is 4.70. The van der Waals surface area contributed by atoms with E-state index in [-0.39, 0.29) is 18.1 Å². The summed E-state index contributed by atoms with van der Waals surface area (Å²) < 4.78 is 11.4. The van der Waals surface area contributed by atoms with Gasteiger partial charge in [-0.1, -0.05) is 18.2 Å². The van der Waals surface area contributed by atoms with Crippen LogP contribution in [0, 0.1) is 11.3 Å². The minimum Gasteiger partial charge on any atom is -0.480 e. The van der Waals surface area contributed by atoms with Gasteiger partial charge in [-0.2, -0.15) is 5.26 Å². The van der Waals surface area contributed by atoms with Crippen LogP contribution < -0.4 is 15.0 Å². The Kier molecular flexibility index (Phi) is 6.68. The fraction of sp³-hybridized carbons (Fsp3) is 0.409. The van der Waals surface area contributed by atoms with E-state index in [9.17, 15) is 4.79 Å². The zero-order chi connectivity index (χ0) is 20.8. The van der Waals surface area contributed by atoms with Crippen LogP contribution in [0.1, 0.15) is 31.9 Å². The number of carbonyl (C=O) groups is 1. The van der Waals surface area contributed by atoms with Crippen LogP contribution in [-0.4, -0.2) is 42.3 Å². The van der Waals surface area contributed by atoms with Gasteiger partial charge in [-0.05, 0) is 44.5 Å². The highest BCUT2D eigenvalue weighted by Crippen LogP contribution is 2.19. The first-order valence-electron chi connectivity index (χ1n) is 9.75. The molecular formula is C22H26N4O3. The molecular weight excluding hydrogens is 368 g/mol. The fourth-order valence-corrected chi connectivity index (χ4v) is 3.31. The van der Waals surface area contributed by atoms with Gasteiger partial charge in [-0.15, -0.1) is 0 Å². The Labute approximate surface area is 171 Å². The molecule has 1 amide bonds. The first kappa shape index (κ1) is 20.6. The van der Waals surface area contributed by atoms with Gasteiger partial charge < -0.3 is 19.7 Å². The molecule has 3 unspecified atom stereocenters. The number of morpholine rings is 1. The summed E-state index contributed by atoms with van der Waals surface area (Å²) in [7, 11) is 0. The average molecular weight is 394 g/mol. The van der Waals surface area contributed by atoms with Gasteiger partial charge in [0.05, 0.1) is 17.8 Å². The predicted molar refractivity (Wildman–Crippen MR) is 110 cm³/mol. The van der Waals surface area contributed by atoms with Crippen LogP contribution in [0.25, 0.3) is 0 Å². The highest BCUT2D eigenvalue weighted by Gasteiger charge is 2.23. The molecule has 3 atom stereocenters. The van der Waals surface area contributed by atoms with Crippen molar-refractivity contribution in [1.82, 2.24) is 10.3 Å². The normalized spacial score (nSPS) is 19.9. The third-order valence-corrected chi connectivity index (χ3v) is 4.70. The Bertz CT molecular complexity index is 868. The zero-order valence-corrected chi connectivity index (χ0v) is 17.0. The van der Waals surface area contributed by atoms with Crippen LogP contribution in [0.5, 0.6) is 5.75 Å². The van der Waals surface area contributed by atoms with Gasteiger partial charge in [0.2, 0.25) is 0 Å². The summed E-state index contributed by atoms with van der Waals surface area (Å²) in [5.74, 6) is 1.06. The van der Waals surface area contributed by atoms with Gasteiger partial charge in [0.15, 0.2) is 6.10 Å². The Hall–Kier alpha value is -3.11. The van der Waals surface area contributed by atoms with Crippen molar-refractivity contribution in [3.63, 3.8) is 0 Å². The van der Waals surface area contributed by atoms with Crippen molar-refractivity contribution in [2.45, 2.75) is 45.6 Å². The molecule has 0 aliphatic carbocycles. The first-order valence-corrected chi connectivity index (χ1v) is 9.75. The van der Waals surface area contributed by atoms with E-state index in [1.54, 1.807) is 37.4 Å². The van der Waals surface area contributed by atoms with E-state index in [0.717, 1.165) is 24.5 Å². The maximum atomic E-state index is 12.3. The maximum absolute atomic E-state index is 12.3. The van der Waals surface area contributed by atoms with E-state index in [0.29, 0.717) is 17.9 Å². The number of benzene rings is 1. The number of hydrogen-bond donors (Lipinski definition) is 1. The minimum absolute atomic E-state index is 0.173. The highest BCUT2D eigenvalue weighted by molar-refractivity contribution is 5.80. The fourth-order valence-electron chi connectivity index (χ4n) is 3.31. The number of pyridine rings is 1. The van der Waals surface area contributed by atoms with Crippen molar-refractivity contribution in [3.05, 3.63) is 53.7 Å². The molecule has 0 bridgehead atoms. The third kappa shape index (κ3) is 5.46. The number of amides is 1. The average Bonchev–Trinajstić information content (AvgIpc) is 2.72. The van der Waals surface area contributed by atoms with Crippen LogP contribution in [0.3, 0.4) is 0 Å². The molecule has 7 heteroatoms. The molecule has 0 spiro atoms. The van der Waals surface area contributed by atoms with Crippen molar-refractivity contribution in [1.29, 1.82) is 5.26 Å². The molecule has 1 aromatic heterocycles. The van der Waals surface area contributed by atoms with E-state index in [1.165, 1.54) is 0 Å². The minimum atomic E-state index is -0.715. The van der Waals surface area contributed by atoms with Crippen LogP contribution in [-0.2, 0) is 16.1 Å². The predicted octanol–water partition coefficient (Wildman–Crippen LogP) is 2.65. The van der Waals surface area contributed by atoms with Gasteiger partial charge in [-0.3, -0.25) is 4.79 Å². The molecule has 1 aliphatic rings. The number of nitrogens with zero attached hydrogens (tertiary/aromatic N) is 3. The zero-order valence-electron chi connectivity index (χ0n) is 17.0. The van der Waals surface area contributed by atoms with E-state index in [4.69, 9.17) is 14.7 Å².